The molecule has 0 aliphatic carbocycles. The van der Waals surface area contributed by atoms with Crippen molar-refractivity contribution in [3.63, 3.8) is 0 Å². The molecule has 2 heterocycles. The quantitative estimate of drug-likeness (QED) is 0.354. The van der Waals surface area contributed by atoms with Gasteiger partial charge in [0.25, 0.3) is 5.91 Å². The lowest BCUT2D eigenvalue weighted by molar-refractivity contribution is -0.149. The summed E-state index contributed by atoms with van der Waals surface area (Å²) in [5.74, 6) is -2.66. The maximum atomic E-state index is 13.0. The fourth-order valence-corrected chi connectivity index (χ4v) is 4.47. The number of amides is 3. The summed E-state index contributed by atoms with van der Waals surface area (Å²) in [6, 6.07) is 5.32. The summed E-state index contributed by atoms with van der Waals surface area (Å²) in [5.41, 5.74) is -1.89. The van der Waals surface area contributed by atoms with Crippen LogP contribution in [0.25, 0.3) is 0 Å². The largest absolute Gasteiger partial charge is 0.508 e. The Kier molecular flexibility index (Phi) is 8.49. The number of carbonyl (C=O) groups excluding carboxylic acids is 3. The van der Waals surface area contributed by atoms with Gasteiger partial charge in [-0.15, -0.1) is 0 Å². The molecule has 1 aromatic carbocycles. The Labute approximate surface area is 199 Å². The van der Waals surface area contributed by atoms with Gasteiger partial charge in [0.15, 0.2) is 0 Å². The highest BCUT2D eigenvalue weighted by atomic mass is 16.4. The predicted molar refractivity (Wildman–Crippen MR) is 124 cm³/mol. The fourth-order valence-electron chi connectivity index (χ4n) is 4.47. The number of phenolic OH excluding ortho intramolecular Hbond substituents is 1. The van der Waals surface area contributed by atoms with Crippen molar-refractivity contribution in [1.29, 1.82) is 0 Å². The SMILES string of the molecule is C[C@](NC(=O)c1ccc(O)cc1)(NC(=O)C1CCCN(C(=O)CCC2CCNCC2)C1)C(=O)O. The molecular formula is C24H34N4O6. The van der Waals surface area contributed by atoms with E-state index in [2.05, 4.69) is 16.0 Å². The lowest BCUT2D eigenvalue weighted by Gasteiger charge is -2.35. The number of carbonyl (C=O) groups is 4. The minimum Gasteiger partial charge on any atom is -0.508 e. The molecule has 0 spiro atoms. The lowest BCUT2D eigenvalue weighted by atomic mass is 9.92. The van der Waals surface area contributed by atoms with E-state index >= 15 is 0 Å². The zero-order valence-corrected chi connectivity index (χ0v) is 19.5. The molecular weight excluding hydrogens is 440 g/mol. The van der Waals surface area contributed by atoms with Gasteiger partial charge >= 0.3 is 5.97 Å². The summed E-state index contributed by atoms with van der Waals surface area (Å²) in [7, 11) is 0. The molecule has 1 aromatic rings. The zero-order chi connectivity index (χ0) is 24.7. The van der Waals surface area contributed by atoms with Gasteiger partial charge in [0.1, 0.15) is 5.75 Å². The second-order valence-corrected chi connectivity index (χ2v) is 9.33. The number of carboxylic acids is 1. The van der Waals surface area contributed by atoms with E-state index in [9.17, 15) is 29.4 Å². The van der Waals surface area contributed by atoms with Crippen LogP contribution < -0.4 is 16.0 Å². The maximum Gasteiger partial charge on any atom is 0.350 e. The van der Waals surface area contributed by atoms with Gasteiger partial charge in [0.05, 0.1) is 5.92 Å². The van der Waals surface area contributed by atoms with Gasteiger partial charge in [-0.25, -0.2) is 4.79 Å². The van der Waals surface area contributed by atoms with Gasteiger partial charge in [-0.3, -0.25) is 14.4 Å². The first kappa shape index (κ1) is 25.5. The van der Waals surface area contributed by atoms with Crippen molar-refractivity contribution >= 4 is 23.7 Å². The molecule has 2 aliphatic rings. The van der Waals surface area contributed by atoms with Gasteiger partial charge in [-0.1, -0.05) is 0 Å². The standard InChI is InChI=1S/C24H34N4O6/c1-24(23(33)34,26-21(31)17-5-7-19(29)8-6-17)27-22(32)18-3-2-14-28(15-18)20(30)9-4-16-10-12-25-13-11-16/h5-8,16,18,25,29H,2-4,9-15H2,1H3,(H,26,31)(H,27,32)(H,33,34)/t18?,24-/m0/s1. The van der Waals surface area contributed by atoms with E-state index in [4.69, 9.17) is 0 Å². The van der Waals surface area contributed by atoms with E-state index in [-0.39, 0.29) is 23.8 Å². The average Bonchev–Trinajstić information content (AvgIpc) is 2.83. The number of rotatable bonds is 8. The highest BCUT2D eigenvalue weighted by Crippen LogP contribution is 2.22. The van der Waals surface area contributed by atoms with Crippen molar-refractivity contribution in [2.75, 3.05) is 26.2 Å². The molecule has 0 aromatic heterocycles. The number of hydrogen-bond donors (Lipinski definition) is 5. The van der Waals surface area contributed by atoms with Crippen LogP contribution in [-0.4, -0.2) is 70.6 Å². The Morgan fingerprint density at radius 1 is 1.09 bits per heavy atom. The van der Waals surface area contributed by atoms with Crippen LogP contribution in [0.2, 0.25) is 0 Å². The summed E-state index contributed by atoms with van der Waals surface area (Å²) < 4.78 is 0. The first-order valence-corrected chi connectivity index (χ1v) is 11.8. The van der Waals surface area contributed by atoms with Crippen LogP contribution in [0.15, 0.2) is 24.3 Å². The van der Waals surface area contributed by atoms with Crippen LogP contribution in [0.1, 0.15) is 55.8 Å². The Morgan fingerprint density at radius 2 is 1.76 bits per heavy atom. The Hall–Kier alpha value is -3.14. The van der Waals surface area contributed by atoms with Crippen LogP contribution in [0.4, 0.5) is 0 Å². The number of nitrogens with zero attached hydrogens (tertiary/aromatic N) is 1. The third kappa shape index (κ3) is 6.69. The molecule has 5 N–H and O–H groups in total. The van der Waals surface area contributed by atoms with E-state index in [0.29, 0.717) is 31.7 Å². The van der Waals surface area contributed by atoms with Crippen LogP contribution >= 0.6 is 0 Å². The van der Waals surface area contributed by atoms with E-state index in [1.807, 2.05) is 0 Å². The molecule has 10 heteroatoms. The third-order valence-electron chi connectivity index (χ3n) is 6.66. The van der Waals surface area contributed by atoms with Gasteiger partial charge in [-0.05, 0) is 82.3 Å². The van der Waals surface area contributed by atoms with Gasteiger partial charge in [0.2, 0.25) is 17.5 Å². The highest BCUT2D eigenvalue weighted by Gasteiger charge is 2.39. The number of aliphatic carboxylic acids is 1. The van der Waals surface area contributed by atoms with Crippen molar-refractivity contribution in [3.05, 3.63) is 29.8 Å². The molecule has 0 radical (unpaired) electrons. The molecule has 3 rings (SSSR count). The van der Waals surface area contributed by atoms with Crippen LogP contribution in [0.5, 0.6) is 5.75 Å². The number of benzene rings is 1. The summed E-state index contributed by atoms with van der Waals surface area (Å²) in [5, 5.41) is 27.2. The van der Waals surface area contributed by atoms with Gasteiger partial charge in [-0.2, -0.15) is 0 Å². The molecule has 34 heavy (non-hydrogen) atoms. The maximum absolute atomic E-state index is 13.0. The Morgan fingerprint density at radius 3 is 2.41 bits per heavy atom. The number of piperidine rings is 2. The summed E-state index contributed by atoms with van der Waals surface area (Å²) in [6.45, 7) is 3.99. The highest BCUT2D eigenvalue weighted by molar-refractivity contribution is 5.99. The smallest absolute Gasteiger partial charge is 0.350 e. The van der Waals surface area contributed by atoms with Crippen LogP contribution in [0.3, 0.4) is 0 Å². The first-order valence-electron chi connectivity index (χ1n) is 11.8. The molecule has 2 aliphatic heterocycles. The average molecular weight is 475 g/mol. The number of aromatic hydroxyl groups is 1. The molecule has 186 valence electrons. The molecule has 2 atom stereocenters. The summed E-state index contributed by atoms with van der Waals surface area (Å²) in [6.07, 6.45) is 4.62. The topological polar surface area (TPSA) is 148 Å². The minimum atomic E-state index is -2.03. The van der Waals surface area contributed by atoms with Crippen molar-refractivity contribution in [3.8, 4) is 5.75 Å². The zero-order valence-electron chi connectivity index (χ0n) is 19.5. The number of nitrogens with one attached hydrogen (secondary N) is 3. The minimum absolute atomic E-state index is 0.0256. The number of carboxylic acid groups (broad SMARTS) is 1. The molecule has 0 saturated carbocycles. The number of likely N-dealkylation sites (tertiary alicyclic amines) is 1. The van der Waals surface area contributed by atoms with Crippen molar-refractivity contribution in [2.45, 2.75) is 51.1 Å². The van der Waals surface area contributed by atoms with Crippen LogP contribution in [-0.2, 0) is 14.4 Å². The molecule has 3 amide bonds. The number of phenols is 1. The molecule has 2 fully saturated rings. The molecule has 2 saturated heterocycles. The normalized spacial score (nSPS) is 20.7. The summed E-state index contributed by atoms with van der Waals surface area (Å²) >= 11 is 0. The lowest BCUT2D eigenvalue weighted by Crippen LogP contribution is -2.65. The number of hydrogen-bond acceptors (Lipinski definition) is 6. The molecule has 0 bridgehead atoms. The Balaban J connectivity index is 1.56. The Bertz CT molecular complexity index is 899. The fraction of sp³-hybridized carbons (Fsp3) is 0.583. The second-order valence-electron chi connectivity index (χ2n) is 9.33. The van der Waals surface area contributed by atoms with Gasteiger partial charge < -0.3 is 31.1 Å². The van der Waals surface area contributed by atoms with Crippen molar-refractivity contribution < 1.29 is 29.4 Å². The molecule has 1 unspecified atom stereocenters. The van der Waals surface area contributed by atoms with Crippen molar-refractivity contribution in [2.24, 2.45) is 11.8 Å². The second kappa shape index (κ2) is 11.3. The van der Waals surface area contributed by atoms with Crippen LogP contribution in [0, 0.1) is 11.8 Å². The third-order valence-corrected chi connectivity index (χ3v) is 6.66. The van der Waals surface area contributed by atoms with E-state index < -0.39 is 29.4 Å². The monoisotopic (exact) mass is 474 g/mol. The first-order chi connectivity index (χ1) is 16.2. The van der Waals surface area contributed by atoms with E-state index in [1.54, 1.807) is 4.90 Å². The van der Waals surface area contributed by atoms with E-state index in [0.717, 1.165) is 32.4 Å². The summed E-state index contributed by atoms with van der Waals surface area (Å²) in [4.78, 5) is 51.8. The predicted octanol–water partition coefficient (Wildman–Crippen LogP) is 1.06. The molecule has 10 nitrogen and oxygen atoms in total. The van der Waals surface area contributed by atoms with Gasteiger partial charge in [0, 0.05) is 25.1 Å². The van der Waals surface area contributed by atoms with Crippen molar-refractivity contribution in [1.82, 2.24) is 20.9 Å². The van der Waals surface area contributed by atoms with E-state index in [1.165, 1.54) is 31.2 Å².